The lowest BCUT2D eigenvalue weighted by atomic mass is 10.1. The summed E-state index contributed by atoms with van der Waals surface area (Å²) in [6, 6.07) is 0. The molecule has 5 nitrogen and oxygen atoms in total. The van der Waals surface area contributed by atoms with Gasteiger partial charge in [0.1, 0.15) is 5.75 Å². The molecule has 0 heterocycles. The minimum absolute atomic E-state index is 0.0836. The highest BCUT2D eigenvalue weighted by Gasteiger charge is 2.18. The van der Waals surface area contributed by atoms with Crippen LogP contribution in [0.3, 0.4) is 0 Å². The third kappa shape index (κ3) is 10.3. The van der Waals surface area contributed by atoms with Crippen molar-refractivity contribution in [2.75, 3.05) is 18.1 Å². The van der Waals surface area contributed by atoms with Crippen LogP contribution in [0.25, 0.3) is 0 Å². The number of carbonyl (C=O) groups is 1. The molecule has 1 amide bonds. The molecule has 0 saturated carbocycles. The Hall–Kier alpha value is -0.620. The van der Waals surface area contributed by atoms with Gasteiger partial charge in [0.15, 0.2) is 9.84 Å². The van der Waals surface area contributed by atoms with Gasteiger partial charge in [0.05, 0.1) is 5.75 Å². The number of sulfone groups is 1. The lowest BCUT2D eigenvalue weighted by molar-refractivity contribution is -0.118. The maximum Gasteiger partial charge on any atom is 0.235 e. The van der Waals surface area contributed by atoms with E-state index in [1.807, 2.05) is 6.92 Å². The van der Waals surface area contributed by atoms with Crippen molar-refractivity contribution in [1.82, 2.24) is 5.32 Å². The van der Waals surface area contributed by atoms with Gasteiger partial charge in [-0.05, 0) is 20.3 Å². The smallest absolute Gasteiger partial charge is 0.235 e. The molecule has 0 aliphatic heterocycles. The standard InChI is InChI=1S/C11H24N2O3S/c1-4-5-6-7-17(15,16)8-10(14)13-9-11(2,3)12/h4-9,12H2,1-3H3,(H,13,14). The van der Waals surface area contributed by atoms with Gasteiger partial charge in [-0.25, -0.2) is 8.42 Å². The molecule has 0 aromatic carbocycles. The zero-order chi connectivity index (χ0) is 13.5. The van der Waals surface area contributed by atoms with E-state index in [0.717, 1.165) is 12.8 Å². The van der Waals surface area contributed by atoms with Crippen LogP contribution in [0.2, 0.25) is 0 Å². The molecule has 0 rings (SSSR count). The average Bonchev–Trinajstić information content (AvgIpc) is 2.13. The Morgan fingerprint density at radius 1 is 1.29 bits per heavy atom. The summed E-state index contributed by atoms with van der Waals surface area (Å²) >= 11 is 0. The predicted molar refractivity (Wildman–Crippen MR) is 69.5 cm³/mol. The van der Waals surface area contributed by atoms with Crippen LogP contribution in [0.5, 0.6) is 0 Å². The fourth-order valence-electron chi connectivity index (χ4n) is 1.22. The number of nitrogens with one attached hydrogen (secondary N) is 1. The van der Waals surface area contributed by atoms with Crippen LogP contribution in [0.15, 0.2) is 0 Å². The zero-order valence-corrected chi connectivity index (χ0v) is 11.8. The summed E-state index contributed by atoms with van der Waals surface area (Å²) in [5, 5.41) is 2.53. The number of unbranched alkanes of at least 4 members (excludes halogenated alkanes) is 2. The molecule has 0 radical (unpaired) electrons. The second-order valence-electron chi connectivity index (χ2n) is 5.06. The van der Waals surface area contributed by atoms with Crippen molar-refractivity contribution in [3.05, 3.63) is 0 Å². The van der Waals surface area contributed by atoms with Gasteiger partial charge in [-0.1, -0.05) is 19.8 Å². The number of hydrogen-bond donors (Lipinski definition) is 2. The third-order valence-electron chi connectivity index (χ3n) is 2.15. The summed E-state index contributed by atoms with van der Waals surface area (Å²) in [5.41, 5.74) is 5.16. The van der Waals surface area contributed by atoms with Crippen LogP contribution in [-0.2, 0) is 14.6 Å². The maximum absolute atomic E-state index is 11.5. The van der Waals surface area contributed by atoms with Crippen molar-refractivity contribution >= 4 is 15.7 Å². The predicted octanol–water partition coefficient (Wildman–Crippen LogP) is 0.445. The first-order valence-electron chi connectivity index (χ1n) is 5.92. The normalized spacial score (nSPS) is 12.5. The van der Waals surface area contributed by atoms with E-state index in [0.29, 0.717) is 6.42 Å². The second kappa shape index (κ2) is 6.96. The van der Waals surface area contributed by atoms with Crippen LogP contribution in [0.4, 0.5) is 0 Å². The molecule has 0 saturated heterocycles. The molecular weight excluding hydrogens is 240 g/mol. The Balaban J connectivity index is 4.02. The Kier molecular flexibility index (Phi) is 6.70. The molecular formula is C11H24N2O3S. The van der Waals surface area contributed by atoms with Gasteiger partial charge >= 0.3 is 0 Å². The van der Waals surface area contributed by atoms with Crippen LogP contribution in [-0.4, -0.2) is 37.9 Å². The van der Waals surface area contributed by atoms with Crippen molar-refractivity contribution in [3.8, 4) is 0 Å². The highest BCUT2D eigenvalue weighted by molar-refractivity contribution is 7.92. The molecule has 0 spiro atoms. The first kappa shape index (κ1) is 16.4. The number of rotatable bonds is 8. The van der Waals surface area contributed by atoms with Crippen molar-refractivity contribution < 1.29 is 13.2 Å². The SMILES string of the molecule is CCCCCS(=O)(=O)CC(=O)NCC(C)(C)N. The monoisotopic (exact) mass is 264 g/mol. The number of amides is 1. The average molecular weight is 264 g/mol. The molecule has 0 unspecified atom stereocenters. The first-order chi connectivity index (χ1) is 7.66. The summed E-state index contributed by atoms with van der Waals surface area (Å²) in [6.07, 6.45) is 2.45. The Morgan fingerprint density at radius 3 is 2.35 bits per heavy atom. The third-order valence-corrected chi connectivity index (χ3v) is 3.76. The molecule has 0 bridgehead atoms. The van der Waals surface area contributed by atoms with E-state index >= 15 is 0 Å². The second-order valence-corrected chi connectivity index (χ2v) is 7.25. The molecule has 0 aromatic rings. The Bertz CT molecular complexity index is 331. The van der Waals surface area contributed by atoms with Crippen LogP contribution in [0, 0.1) is 0 Å². The van der Waals surface area contributed by atoms with Gasteiger partial charge in [-0.15, -0.1) is 0 Å². The number of hydrogen-bond acceptors (Lipinski definition) is 4. The first-order valence-corrected chi connectivity index (χ1v) is 7.74. The molecule has 17 heavy (non-hydrogen) atoms. The van der Waals surface area contributed by atoms with E-state index in [-0.39, 0.29) is 12.3 Å². The summed E-state index contributed by atoms with van der Waals surface area (Å²) in [6.45, 7) is 5.81. The molecule has 6 heteroatoms. The van der Waals surface area contributed by atoms with Gasteiger partial charge < -0.3 is 11.1 Å². The largest absolute Gasteiger partial charge is 0.353 e. The molecule has 0 atom stereocenters. The number of nitrogens with two attached hydrogens (primary N) is 1. The topological polar surface area (TPSA) is 89.3 Å². The van der Waals surface area contributed by atoms with Crippen molar-refractivity contribution in [3.63, 3.8) is 0 Å². The van der Waals surface area contributed by atoms with E-state index < -0.39 is 27.0 Å². The van der Waals surface area contributed by atoms with Crippen LogP contribution >= 0.6 is 0 Å². The Morgan fingerprint density at radius 2 is 1.88 bits per heavy atom. The van der Waals surface area contributed by atoms with Crippen LogP contribution in [0.1, 0.15) is 40.0 Å². The van der Waals surface area contributed by atoms with Gasteiger partial charge in [-0.2, -0.15) is 0 Å². The fourth-order valence-corrected chi connectivity index (χ4v) is 2.51. The van der Waals surface area contributed by atoms with Gasteiger partial charge in [-0.3, -0.25) is 4.79 Å². The lowest BCUT2D eigenvalue weighted by Gasteiger charge is -2.18. The van der Waals surface area contributed by atoms with Gasteiger partial charge in [0.25, 0.3) is 0 Å². The highest BCUT2D eigenvalue weighted by atomic mass is 32.2. The summed E-state index contributed by atoms with van der Waals surface area (Å²) in [5.74, 6) is -0.826. The van der Waals surface area contributed by atoms with Crippen molar-refractivity contribution in [2.45, 2.75) is 45.6 Å². The summed E-state index contributed by atoms with van der Waals surface area (Å²) in [4.78, 5) is 11.4. The van der Waals surface area contributed by atoms with Crippen LogP contribution < -0.4 is 11.1 Å². The fraction of sp³-hybridized carbons (Fsp3) is 0.909. The molecule has 0 aromatic heterocycles. The van der Waals surface area contributed by atoms with E-state index in [1.54, 1.807) is 13.8 Å². The van der Waals surface area contributed by atoms with Crippen molar-refractivity contribution in [1.29, 1.82) is 0 Å². The highest BCUT2D eigenvalue weighted by Crippen LogP contribution is 2.00. The molecule has 3 N–H and O–H groups in total. The van der Waals surface area contributed by atoms with E-state index in [1.165, 1.54) is 0 Å². The minimum Gasteiger partial charge on any atom is -0.353 e. The molecule has 0 aliphatic carbocycles. The quantitative estimate of drug-likeness (QED) is 0.623. The number of carbonyl (C=O) groups excluding carboxylic acids is 1. The van der Waals surface area contributed by atoms with Gasteiger partial charge in [0, 0.05) is 12.1 Å². The van der Waals surface area contributed by atoms with E-state index in [9.17, 15) is 13.2 Å². The zero-order valence-electron chi connectivity index (χ0n) is 11.0. The molecule has 102 valence electrons. The van der Waals surface area contributed by atoms with E-state index in [4.69, 9.17) is 5.73 Å². The minimum atomic E-state index is -3.27. The summed E-state index contributed by atoms with van der Waals surface area (Å²) < 4.78 is 23.1. The van der Waals surface area contributed by atoms with Gasteiger partial charge in [0.2, 0.25) is 5.91 Å². The maximum atomic E-state index is 11.5. The summed E-state index contributed by atoms with van der Waals surface area (Å²) in [7, 11) is -3.27. The molecule has 0 aliphatic rings. The Labute approximate surface area is 104 Å². The van der Waals surface area contributed by atoms with E-state index in [2.05, 4.69) is 5.32 Å². The molecule has 0 fully saturated rings. The van der Waals surface area contributed by atoms with Crippen molar-refractivity contribution in [2.24, 2.45) is 5.73 Å². The lowest BCUT2D eigenvalue weighted by Crippen LogP contribution is -2.46.